The van der Waals surface area contributed by atoms with E-state index in [1.54, 1.807) is 38.1 Å². The maximum atomic E-state index is 12.5. The Balaban J connectivity index is 2.85. The Morgan fingerprint density at radius 1 is 1.16 bits per heavy atom. The molecule has 0 amide bonds. The second kappa shape index (κ2) is 6.91. The Labute approximate surface area is 111 Å². The largest absolute Gasteiger partial charge is 0.401 e. The van der Waals surface area contributed by atoms with E-state index in [1.165, 1.54) is 4.90 Å². The molecule has 2 nitrogen and oxygen atoms in total. The van der Waals surface area contributed by atoms with E-state index in [-0.39, 0.29) is 6.54 Å². The fourth-order valence-corrected chi connectivity index (χ4v) is 2.25. The molecule has 0 radical (unpaired) electrons. The molecule has 0 aliphatic carbocycles. The van der Waals surface area contributed by atoms with Gasteiger partial charge in [0.1, 0.15) is 0 Å². The molecule has 1 rings (SSSR count). The molecule has 0 heterocycles. The number of benzene rings is 1. The average molecular weight is 275 g/mol. The third-order valence-electron chi connectivity index (χ3n) is 3.18. The van der Waals surface area contributed by atoms with Gasteiger partial charge in [-0.25, -0.2) is 0 Å². The smallest absolute Gasteiger partial charge is 0.387 e. The first-order valence-corrected chi connectivity index (χ1v) is 6.42. The molecule has 0 aliphatic rings. The van der Waals surface area contributed by atoms with E-state index in [2.05, 4.69) is 0 Å². The molecule has 0 fully saturated rings. The van der Waals surface area contributed by atoms with Crippen LogP contribution in [0.1, 0.15) is 31.9 Å². The molecule has 5 heteroatoms. The third-order valence-corrected chi connectivity index (χ3v) is 3.18. The Hall–Kier alpha value is -1.07. The van der Waals surface area contributed by atoms with E-state index in [0.717, 1.165) is 0 Å². The van der Waals surface area contributed by atoms with Crippen LogP contribution in [-0.4, -0.2) is 35.3 Å². The van der Waals surface area contributed by atoms with Crippen LogP contribution in [0.15, 0.2) is 30.3 Å². The molecule has 0 saturated heterocycles. The van der Waals surface area contributed by atoms with E-state index in [0.29, 0.717) is 12.0 Å². The normalized spacial score (nSPS) is 15.5. The van der Waals surface area contributed by atoms with E-state index in [4.69, 9.17) is 0 Å². The van der Waals surface area contributed by atoms with Crippen molar-refractivity contribution in [2.75, 3.05) is 13.1 Å². The Bertz CT molecular complexity index is 367. The first-order valence-electron chi connectivity index (χ1n) is 6.42. The molecule has 2 atom stereocenters. The Morgan fingerprint density at radius 2 is 1.74 bits per heavy atom. The molecule has 0 spiro atoms. The van der Waals surface area contributed by atoms with Gasteiger partial charge in [-0.05, 0) is 18.5 Å². The number of nitrogens with zero attached hydrogens (tertiary/aromatic N) is 1. The summed E-state index contributed by atoms with van der Waals surface area (Å²) in [7, 11) is 0. The minimum Gasteiger partial charge on any atom is -0.387 e. The van der Waals surface area contributed by atoms with Crippen molar-refractivity contribution in [3.05, 3.63) is 35.9 Å². The number of hydrogen-bond donors (Lipinski definition) is 1. The molecule has 108 valence electrons. The number of halogens is 3. The molecule has 0 saturated carbocycles. The number of hydrogen-bond acceptors (Lipinski definition) is 2. The number of rotatable bonds is 6. The number of aliphatic hydroxyl groups excluding tert-OH is 1. The average Bonchev–Trinajstić information content (AvgIpc) is 2.37. The number of aliphatic hydroxyl groups is 1. The number of likely N-dealkylation sites (N-methyl/N-ethyl adjacent to an activating group) is 1. The van der Waals surface area contributed by atoms with Gasteiger partial charge in [-0.15, -0.1) is 0 Å². The van der Waals surface area contributed by atoms with Gasteiger partial charge in [0.2, 0.25) is 0 Å². The van der Waals surface area contributed by atoms with Gasteiger partial charge in [-0.3, -0.25) is 4.90 Å². The lowest BCUT2D eigenvalue weighted by Crippen LogP contribution is -2.44. The Morgan fingerprint density at radius 3 is 2.16 bits per heavy atom. The summed E-state index contributed by atoms with van der Waals surface area (Å²) in [5.74, 6) is 0. The summed E-state index contributed by atoms with van der Waals surface area (Å²) in [4.78, 5) is 1.28. The lowest BCUT2D eigenvalue weighted by molar-refractivity contribution is -0.155. The van der Waals surface area contributed by atoms with Gasteiger partial charge in [-0.2, -0.15) is 13.2 Å². The minimum atomic E-state index is -4.25. The van der Waals surface area contributed by atoms with Crippen molar-refractivity contribution in [3.8, 4) is 0 Å². The first-order chi connectivity index (χ1) is 8.89. The van der Waals surface area contributed by atoms with Crippen molar-refractivity contribution in [1.29, 1.82) is 0 Å². The maximum absolute atomic E-state index is 12.5. The minimum absolute atomic E-state index is 0.252. The Kier molecular flexibility index (Phi) is 5.82. The third kappa shape index (κ3) is 4.84. The first kappa shape index (κ1) is 16.0. The topological polar surface area (TPSA) is 23.5 Å². The predicted octanol–water partition coefficient (Wildman–Crippen LogP) is 3.38. The van der Waals surface area contributed by atoms with Crippen LogP contribution in [0, 0.1) is 0 Å². The zero-order valence-corrected chi connectivity index (χ0v) is 11.2. The summed E-state index contributed by atoms with van der Waals surface area (Å²) >= 11 is 0. The van der Waals surface area contributed by atoms with Crippen molar-refractivity contribution < 1.29 is 18.3 Å². The zero-order chi connectivity index (χ0) is 14.5. The van der Waals surface area contributed by atoms with E-state index >= 15 is 0 Å². The van der Waals surface area contributed by atoms with Gasteiger partial charge in [0, 0.05) is 6.04 Å². The molecule has 0 bridgehead atoms. The lowest BCUT2D eigenvalue weighted by Gasteiger charge is -2.34. The molecular weight excluding hydrogens is 255 g/mol. The van der Waals surface area contributed by atoms with Gasteiger partial charge in [0.05, 0.1) is 12.6 Å². The van der Waals surface area contributed by atoms with Crippen LogP contribution < -0.4 is 0 Å². The summed E-state index contributed by atoms with van der Waals surface area (Å²) in [5.41, 5.74) is 0.648. The standard InChI is InChI=1S/C14H20F3NO/c1-3-12(18(4-2)10-14(15,16)17)13(19)11-8-6-5-7-9-11/h5-9,12-13,19H,3-4,10H2,1-2H3. The molecule has 0 aliphatic heterocycles. The van der Waals surface area contributed by atoms with Crippen LogP contribution in [0.3, 0.4) is 0 Å². The highest BCUT2D eigenvalue weighted by molar-refractivity contribution is 5.18. The van der Waals surface area contributed by atoms with Crippen LogP contribution in [0.5, 0.6) is 0 Å². The highest BCUT2D eigenvalue weighted by atomic mass is 19.4. The summed E-state index contributed by atoms with van der Waals surface area (Å²) in [5, 5.41) is 10.3. The summed E-state index contributed by atoms with van der Waals surface area (Å²) in [6.45, 7) is 2.72. The van der Waals surface area contributed by atoms with Gasteiger partial charge < -0.3 is 5.11 Å². The van der Waals surface area contributed by atoms with Gasteiger partial charge in [-0.1, -0.05) is 44.2 Å². The lowest BCUT2D eigenvalue weighted by atomic mass is 9.99. The SMILES string of the molecule is CCC(C(O)c1ccccc1)N(CC)CC(F)(F)F. The second-order valence-corrected chi connectivity index (χ2v) is 4.51. The molecular formula is C14H20F3NO. The summed E-state index contributed by atoms with van der Waals surface area (Å²) < 4.78 is 37.6. The van der Waals surface area contributed by atoms with Crippen molar-refractivity contribution >= 4 is 0 Å². The van der Waals surface area contributed by atoms with Crippen molar-refractivity contribution in [1.82, 2.24) is 4.90 Å². The van der Waals surface area contributed by atoms with Crippen molar-refractivity contribution in [2.24, 2.45) is 0 Å². The monoisotopic (exact) mass is 275 g/mol. The summed E-state index contributed by atoms with van der Waals surface area (Å²) in [6, 6.07) is 8.28. The molecule has 1 N–H and O–H groups in total. The maximum Gasteiger partial charge on any atom is 0.401 e. The zero-order valence-electron chi connectivity index (χ0n) is 11.2. The van der Waals surface area contributed by atoms with E-state index in [1.807, 2.05) is 6.07 Å². The van der Waals surface area contributed by atoms with Crippen LogP contribution in [0.2, 0.25) is 0 Å². The van der Waals surface area contributed by atoms with E-state index < -0.39 is 24.9 Å². The quantitative estimate of drug-likeness (QED) is 0.860. The van der Waals surface area contributed by atoms with E-state index in [9.17, 15) is 18.3 Å². The fourth-order valence-electron chi connectivity index (χ4n) is 2.25. The highest BCUT2D eigenvalue weighted by Gasteiger charge is 2.35. The van der Waals surface area contributed by atoms with Crippen molar-refractivity contribution in [2.45, 2.75) is 38.6 Å². The van der Waals surface area contributed by atoms with Crippen LogP contribution in [0.4, 0.5) is 13.2 Å². The molecule has 0 aromatic heterocycles. The molecule has 1 aromatic rings. The van der Waals surface area contributed by atoms with Crippen LogP contribution >= 0.6 is 0 Å². The predicted molar refractivity (Wildman–Crippen MR) is 68.8 cm³/mol. The molecule has 19 heavy (non-hydrogen) atoms. The fraction of sp³-hybridized carbons (Fsp3) is 0.571. The molecule has 2 unspecified atom stereocenters. The number of alkyl halides is 3. The highest BCUT2D eigenvalue weighted by Crippen LogP contribution is 2.26. The van der Waals surface area contributed by atoms with Gasteiger partial charge in [0.15, 0.2) is 0 Å². The van der Waals surface area contributed by atoms with Crippen LogP contribution in [0.25, 0.3) is 0 Å². The summed E-state index contributed by atoms with van der Waals surface area (Å²) in [6.07, 6.45) is -4.70. The van der Waals surface area contributed by atoms with Crippen LogP contribution in [-0.2, 0) is 0 Å². The van der Waals surface area contributed by atoms with Gasteiger partial charge >= 0.3 is 6.18 Å². The van der Waals surface area contributed by atoms with Crippen molar-refractivity contribution in [3.63, 3.8) is 0 Å². The second-order valence-electron chi connectivity index (χ2n) is 4.51. The van der Waals surface area contributed by atoms with Gasteiger partial charge in [0.25, 0.3) is 0 Å². The molecule has 1 aromatic carbocycles.